The van der Waals surface area contributed by atoms with Crippen molar-refractivity contribution in [3.8, 4) is 0 Å². The van der Waals surface area contributed by atoms with Crippen LogP contribution in [-0.4, -0.2) is 20.9 Å². The molecule has 1 amide bonds. The first-order valence-corrected chi connectivity index (χ1v) is 5.21. The molecule has 0 aliphatic rings. The normalized spacial score (nSPS) is 10.2. The lowest BCUT2D eigenvalue weighted by Crippen LogP contribution is -2.24. The van der Waals surface area contributed by atoms with E-state index < -0.39 is 0 Å². The van der Waals surface area contributed by atoms with Gasteiger partial charge < -0.3 is 16.0 Å². The Balaban J connectivity index is 1.95. The summed E-state index contributed by atoms with van der Waals surface area (Å²) < 4.78 is 0. The third kappa shape index (κ3) is 2.88. The predicted octanol–water partition coefficient (Wildman–Crippen LogP) is 0.193. The highest BCUT2D eigenvalue weighted by Gasteiger charge is 2.06. The first kappa shape index (κ1) is 11.3. The first-order valence-electron chi connectivity index (χ1n) is 5.21. The van der Waals surface area contributed by atoms with Crippen LogP contribution in [0.25, 0.3) is 0 Å². The lowest BCUT2D eigenvalue weighted by atomic mass is 10.2. The van der Waals surface area contributed by atoms with E-state index in [0.29, 0.717) is 24.6 Å². The largest absolute Gasteiger partial charge is 0.347 e. The molecular weight excluding hydrogens is 218 g/mol. The van der Waals surface area contributed by atoms with Gasteiger partial charge in [0.05, 0.1) is 6.54 Å². The molecule has 0 atom stereocenters. The number of carbonyl (C=O) groups is 1. The Bertz CT molecular complexity index is 477. The van der Waals surface area contributed by atoms with Crippen LogP contribution in [0.1, 0.15) is 21.9 Å². The zero-order valence-electron chi connectivity index (χ0n) is 9.18. The van der Waals surface area contributed by atoms with Crippen molar-refractivity contribution in [3.63, 3.8) is 0 Å². The van der Waals surface area contributed by atoms with E-state index in [1.54, 1.807) is 30.7 Å². The summed E-state index contributed by atoms with van der Waals surface area (Å²) in [5.74, 6) is 0.474. The molecule has 2 heterocycles. The van der Waals surface area contributed by atoms with Crippen LogP contribution in [0.2, 0.25) is 0 Å². The highest BCUT2D eigenvalue weighted by molar-refractivity contribution is 5.92. The number of aromatic nitrogens is 3. The van der Waals surface area contributed by atoms with Crippen LogP contribution in [0, 0.1) is 0 Å². The number of amides is 1. The highest BCUT2D eigenvalue weighted by atomic mass is 16.1. The van der Waals surface area contributed by atoms with Crippen molar-refractivity contribution in [2.75, 3.05) is 0 Å². The minimum absolute atomic E-state index is 0.232. The molecule has 0 aliphatic heterocycles. The van der Waals surface area contributed by atoms with Crippen molar-refractivity contribution < 1.29 is 4.79 Å². The van der Waals surface area contributed by atoms with Crippen LogP contribution in [0.4, 0.5) is 0 Å². The summed E-state index contributed by atoms with van der Waals surface area (Å²) >= 11 is 0. The zero-order chi connectivity index (χ0) is 12.1. The molecule has 0 aliphatic carbocycles. The van der Waals surface area contributed by atoms with Gasteiger partial charge in [0, 0.05) is 25.1 Å². The quantitative estimate of drug-likeness (QED) is 0.700. The van der Waals surface area contributed by atoms with Crippen molar-refractivity contribution in [1.29, 1.82) is 0 Å². The van der Waals surface area contributed by atoms with Gasteiger partial charge in [-0.15, -0.1) is 0 Å². The van der Waals surface area contributed by atoms with E-state index >= 15 is 0 Å². The van der Waals surface area contributed by atoms with E-state index in [-0.39, 0.29) is 5.91 Å². The monoisotopic (exact) mass is 231 g/mol. The van der Waals surface area contributed by atoms with Crippen LogP contribution < -0.4 is 11.1 Å². The molecule has 6 heteroatoms. The number of pyridine rings is 1. The maximum atomic E-state index is 11.7. The molecule has 0 fully saturated rings. The average Bonchev–Trinajstić information content (AvgIpc) is 2.89. The summed E-state index contributed by atoms with van der Waals surface area (Å²) in [4.78, 5) is 22.6. The average molecular weight is 231 g/mol. The number of aromatic amines is 1. The van der Waals surface area contributed by atoms with Crippen LogP contribution in [0.5, 0.6) is 0 Å². The maximum absolute atomic E-state index is 11.7. The van der Waals surface area contributed by atoms with Gasteiger partial charge in [-0.05, 0) is 11.6 Å². The van der Waals surface area contributed by atoms with E-state index in [2.05, 4.69) is 20.3 Å². The van der Waals surface area contributed by atoms with Gasteiger partial charge in [-0.3, -0.25) is 9.78 Å². The van der Waals surface area contributed by atoms with Crippen LogP contribution in [-0.2, 0) is 13.1 Å². The molecule has 2 aromatic heterocycles. The summed E-state index contributed by atoms with van der Waals surface area (Å²) in [7, 11) is 0. The summed E-state index contributed by atoms with van der Waals surface area (Å²) in [6, 6.07) is 3.44. The smallest absolute Gasteiger partial charge is 0.270 e. The molecule has 0 radical (unpaired) electrons. The van der Waals surface area contributed by atoms with Gasteiger partial charge in [0.1, 0.15) is 11.5 Å². The van der Waals surface area contributed by atoms with Gasteiger partial charge in [0.25, 0.3) is 5.91 Å². The second-order valence-electron chi connectivity index (χ2n) is 3.47. The fraction of sp³-hybridized carbons (Fsp3) is 0.182. The van der Waals surface area contributed by atoms with E-state index in [4.69, 9.17) is 5.73 Å². The zero-order valence-corrected chi connectivity index (χ0v) is 9.18. The SMILES string of the molecule is NCc1ccc(C(=O)NCc2ncc[nH]2)nc1. The molecule has 6 nitrogen and oxygen atoms in total. The predicted molar refractivity (Wildman–Crippen MR) is 61.9 cm³/mol. The van der Waals surface area contributed by atoms with E-state index in [1.807, 2.05) is 0 Å². The third-order valence-corrected chi connectivity index (χ3v) is 2.26. The van der Waals surface area contributed by atoms with Gasteiger partial charge in [-0.2, -0.15) is 0 Å². The molecule has 0 bridgehead atoms. The Labute approximate surface area is 98.3 Å². The highest BCUT2D eigenvalue weighted by Crippen LogP contribution is 1.99. The second kappa shape index (κ2) is 5.22. The van der Waals surface area contributed by atoms with E-state index in [1.165, 1.54) is 0 Å². The Morgan fingerprint density at radius 3 is 2.88 bits per heavy atom. The number of carbonyl (C=O) groups excluding carboxylic acids is 1. The number of hydrogen-bond donors (Lipinski definition) is 3. The lowest BCUT2D eigenvalue weighted by Gasteiger charge is -2.03. The van der Waals surface area contributed by atoms with Crippen molar-refractivity contribution in [2.24, 2.45) is 5.73 Å². The molecular formula is C11H13N5O. The Morgan fingerprint density at radius 1 is 1.41 bits per heavy atom. The maximum Gasteiger partial charge on any atom is 0.270 e. The fourth-order valence-corrected chi connectivity index (χ4v) is 1.33. The van der Waals surface area contributed by atoms with Crippen molar-refractivity contribution in [1.82, 2.24) is 20.3 Å². The Hall–Kier alpha value is -2.21. The summed E-state index contributed by atoms with van der Waals surface area (Å²) in [5, 5.41) is 2.71. The third-order valence-electron chi connectivity index (χ3n) is 2.26. The van der Waals surface area contributed by atoms with E-state index in [9.17, 15) is 4.79 Å². The summed E-state index contributed by atoms with van der Waals surface area (Å²) in [5.41, 5.74) is 6.71. The standard InChI is InChI=1S/C11H13N5O/c12-5-8-1-2-9(15-6-8)11(17)16-7-10-13-3-4-14-10/h1-4,6H,5,7,12H2,(H,13,14)(H,16,17). The van der Waals surface area contributed by atoms with E-state index in [0.717, 1.165) is 5.56 Å². The number of nitrogens with one attached hydrogen (secondary N) is 2. The van der Waals surface area contributed by atoms with Crippen molar-refractivity contribution in [3.05, 3.63) is 47.8 Å². The molecule has 0 aromatic carbocycles. The molecule has 2 aromatic rings. The first-order chi connectivity index (χ1) is 8.29. The molecule has 0 unspecified atom stereocenters. The van der Waals surface area contributed by atoms with Crippen LogP contribution in [0.15, 0.2) is 30.7 Å². The molecule has 17 heavy (non-hydrogen) atoms. The summed E-state index contributed by atoms with van der Waals surface area (Å²) in [6.45, 7) is 0.771. The molecule has 2 rings (SSSR count). The number of hydrogen-bond acceptors (Lipinski definition) is 4. The molecule has 0 saturated carbocycles. The van der Waals surface area contributed by atoms with Crippen LogP contribution in [0.3, 0.4) is 0 Å². The number of nitrogens with zero attached hydrogens (tertiary/aromatic N) is 2. The molecule has 88 valence electrons. The number of H-pyrrole nitrogens is 1. The van der Waals surface area contributed by atoms with Gasteiger partial charge in [-0.1, -0.05) is 6.07 Å². The topological polar surface area (TPSA) is 96.7 Å². The van der Waals surface area contributed by atoms with Gasteiger partial charge in [0.2, 0.25) is 0 Å². The second-order valence-corrected chi connectivity index (χ2v) is 3.47. The van der Waals surface area contributed by atoms with Crippen LogP contribution >= 0.6 is 0 Å². The molecule has 0 saturated heterocycles. The fourth-order valence-electron chi connectivity index (χ4n) is 1.33. The minimum Gasteiger partial charge on any atom is -0.347 e. The summed E-state index contributed by atoms with van der Waals surface area (Å²) in [6.07, 6.45) is 4.94. The number of nitrogens with two attached hydrogens (primary N) is 1. The number of imidazole rings is 1. The minimum atomic E-state index is -0.232. The Morgan fingerprint density at radius 2 is 2.29 bits per heavy atom. The number of rotatable bonds is 4. The molecule has 0 spiro atoms. The van der Waals surface area contributed by atoms with Gasteiger partial charge in [-0.25, -0.2) is 4.98 Å². The molecule has 4 N–H and O–H groups in total. The van der Waals surface area contributed by atoms with Gasteiger partial charge >= 0.3 is 0 Å². The van der Waals surface area contributed by atoms with Crippen molar-refractivity contribution >= 4 is 5.91 Å². The lowest BCUT2D eigenvalue weighted by molar-refractivity contribution is 0.0945. The van der Waals surface area contributed by atoms with Crippen molar-refractivity contribution in [2.45, 2.75) is 13.1 Å². The van der Waals surface area contributed by atoms with Gasteiger partial charge in [0.15, 0.2) is 0 Å². The Kier molecular flexibility index (Phi) is 3.46.